The summed E-state index contributed by atoms with van der Waals surface area (Å²) in [5, 5.41) is 1.10. The van der Waals surface area contributed by atoms with Gasteiger partial charge in [-0.1, -0.05) is 30.3 Å². The topological polar surface area (TPSA) is 33.5 Å². The van der Waals surface area contributed by atoms with Gasteiger partial charge in [-0.25, -0.2) is 0 Å². The van der Waals surface area contributed by atoms with E-state index in [-0.39, 0.29) is 5.91 Å². The fraction of sp³-hybridized carbons (Fsp3) is 0.318. The van der Waals surface area contributed by atoms with Crippen LogP contribution in [0.25, 0.3) is 11.0 Å². The first kappa shape index (κ1) is 15.9. The standard InChI is InChI=1S/C22H23NO2/c1-2-23(14-16-7-4-3-5-8-16)22(24)13-19-15-25-21-12-18-10-6-9-17(18)11-20(19)21/h3-5,7-8,11-12,15H,2,6,9-10,13-14H2,1H3. The number of carbonyl (C=O) groups excluding carboxylic acids is 1. The number of rotatable bonds is 5. The Morgan fingerprint density at radius 1 is 1.12 bits per heavy atom. The molecule has 1 aromatic heterocycles. The maximum Gasteiger partial charge on any atom is 0.227 e. The summed E-state index contributed by atoms with van der Waals surface area (Å²) >= 11 is 0. The molecule has 0 radical (unpaired) electrons. The smallest absolute Gasteiger partial charge is 0.227 e. The number of aryl methyl sites for hydroxylation is 2. The lowest BCUT2D eigenvalue weighted by atomic mass is 10.0. The first-order chi connectivity index (χ1) is 12.2. The van der Waals surface area contributed by atoms with E-state index >= 15 is 0 Å². The van der Waals surface area contributed by atoms with Crippen molar-refractivity contribution in [2.75, 3.05) is 6.54 Å². The van der Waals surface area contributed by atoms with E-state index in [1.165, 1.54) is 17.5 Å². The van der Waals surface area contributed by atoms with Crippen LogP contribution in [0.1, 0.15) is 35.6 Å². The van der Waals surface area contributed by atoms with Gasteiger partial charge in [0, 0.05) is 24.0 Å². The number of carbonyl (C=O) groups is 1. The molecule has 25 heavy (non-hydrogen) atoms. The van der Waals surface area contributed by atoms with E-state index in [9.17, 15) is 4.79 Å². The molecule has 0 saturated carbocycles. The SMILES string of the molecule is CCN(Cc1ccccc1)C(=O)Cc1coc2cc3c(cc12)CCC3. The summed E-state index contributed by atoms with van der Waals surface area (Å²) in [6, 6.07) is 14.5. The van der Waals surface area contributed by atoms with Gasteiger partial charge in [0.1, 0.15) is 5.58 Å². The Morgan fingerprint density at radius 3 is 2.64 bits per heavy atom. The lowest BCUT2D eigenvalue weighted by Crippen LogP contribution is -2.31. The van der Waals surface area contributed by atoms with Crippen LogP contribution >= 0.6 is 0 Å². The molecule has 0 atom stereocenters. The second-order valence-corrected chi connectivity index (χ2v) is 6.80. The van der Waals surface area contributed by atoms with Crippen LogP contribution in [-0.2, 0) is 30.6 Å². The van der Waals surface area contributed by atoms with Gasteiger partial charge in [0.05, 0.1) is 12.7 Å². The predicted molar refractivity (Wildman–Crippen MR) is 99.5 cm³/mol. The highest BCUT2D eigenvalue weighted by Gasteiger charge is 2.19. The number of hydrogen-bond acceptors (Lipinski definition) is 2. The molecule has 128 valence electrons. The van der Waals surface area contributed by atoms with E-state index in [1.54, 1.807) is 6.26 Å². The zero-order valence-electron chi connectivity index (χ0n) is 14.6. The quantitative estimate of drug-likeness (QED) is 0.688. The number of likely N-dealkylation sites (N-methyl/N-ethyl adjacent to an activating group) is 1. The van der Waals surface area contributed by atoms with E-state index in [2.05, 4.69) is 24.3 Å². The lowest BCUT2D eigenvalue weighted by molar-refractivity contribution is -0.130. The molecule has 1 aliphatic rings. The minimum absolute atomic E-state index is 0.148. The predicted octanol–water partition coefficient (Wildman–Crippen LogP) is 4.51. The van der Waals surface area contributed by atoms with Crippen LogP contribution in [0.3, 0.4) is 0 Å². The lowest BCUT2D eigenvalue weighted by Gasteiger charge is -2.21. The first-order valence-corrected chi connectivity index (χ1v) is 9.08. The van der Waals surface area contributed by atoms with Crippen molar-refractivity contribution in [1.29, 1.82) is 0 Å². The number of hydrogen-bond donors (Lipinski definition) is 0. The Morgan fingerprint density at radius 2 is 1.88 bits per heavy atom. The number of benzene rings is 2. The van der Waals surface area contributed by atoms with Crippen molar-refractivity contribution < 1.29 is 9.21 Å². The van der Waals surface area contributed by atoms with Gasteiger partial charge < -0.3 is 9.32 Å². The van der Waals surface area contributed by atoms with Crippen molar-refractivity contribution in [3.8, 4) is 0 Å². The van der Waals surface area contributed by atoms with Gasteiger partial charge in [0.15, 0.2) is 0 Å². The van der Waals surface area contributed by atoms with Gasteiger partial charge in [-0.15, -0.1) is 0 Å². The summed E-state index contributed by atoms with van der Waals surface area (Å²) < 4.78 is 5.74. The molecule has 0 unspecified atom stereocenters. The zero-order valence-corrected chi connectivity index (χ0v) is 14.6. The van der Waals surface area contributed by atoms with Gasteiger partial charge >= 0.3 is 0 Å². The third-order valence-corrected chi connectivity index (χ3v) is 5.16. The second-order valence-electron chi connectivity index (χ2n) is 6.80. The van der Waals surface area contributed by atoms with Crippen LogP contribution in [0.2, 0.25) is 0 Å². The van der Waals surface area contributed by atoms with E-state index in [0.29, 0.717) is 19.5 Å². The average Bonchev–Trinajstić information content (AvgIpc) is 3.25. The van der Waals surface area contributed by atoms with Crippen molar-refractivity contribution in [1.82, 2.24) is 4.90 Å². The summed E-state index contributed by atoms with van der Waals surface area (Å²) in [5.41, 5.74) is 5.89. The van der Waals surface area contributed by atoms with Crippen LogP contribution in [0.15, 0.2) is 53.1 Å². The maximum absolute atomic E-state index is 12.8. The number of nitrogens with zero attached hydrogens (tertiary/aromatic N) is 1. The second kappa shape index (κ2) is 6.75. The van der Waals surface area contributed by atoms with Crippen LogP contribution in [-0.4, -0.2) is 17.4 Å². The summed E-state index contributed by atoms with van der Waals surface area (Å²) in [7, 11) is 0. The van der Waals surface area contributed by atoms with E-state index < -0.39 is 0 Å². The molecule has 3 heteroatoms. The Hall–Kier alpha value is -2.55. The maximum atomic E-state index is 12.8. The van der Waals surface area contributed by atoms with Crippen molar-refractivity contribution >= 4 is 16.9 Å². The fourth-order valence-corrected chi connectivity index (χ4v) is 3.74. The third-order valence-electron chi connectivity index (χ3n) is 5.16. The molecule has 1 heterocycles. The Balaban J connectivity index is 1.54. The number of fused-ring (bicyclic) bond motifs is 2. The normalized spacial score (nSPS) is 13.2. The Bertz CT molecular complexity index is 895. The largest absolute Gasteiger partial charge is 0.464 e. The van der Waals surface area contributed by atoms with E-state index in [0.717, 1.165) is 34.9 Å². The third kappa shape index (κ3) is 3.19. The fourth-order valence-electron chi connectivity index (χ4n) is 3.74. The molecule has 0 saturated heterocycles. The molecule has 0 N–H and O–H groups in total. The van der Waals surface area contributed by atoms with Crippen LogP contribution in [0, 0.1) is 0 Å². The van der Waals surface area contributed by atoms with Crippen LogP contribution in [0.5, 0.6) is 0 Å². The Kier molecular flexibility index (Phi) is 4.31. The average molecular weight is 333 g/mol. The van der Waals surface area contributed by atoms with Crippen LogP contribution in [0.4, 0.5) is 0 Å². The van der Waals surface area contributed by atoms with Crippen molar-refractivity contribution in [3.05, 3.63) is 71.0 Å². The van der Waals surface area contributed by atoms with E-state index in [4.69, 9.17) is 4.42 Å². The van der Waals surface area contributed by atoms with Crippen molar-refractivity contribution in [3.63, 3.8) is 0 Å². The summed E-state index contributed by atoms with van der Waals surface area (Å²) in [5.74, 6) is 0.148. The molecule has 3 aromatic rings. The van der Waals surface area contributed by atoms with Gasteiger partial charge in [0.2, 0.25) is 5.91 Å². The summed E-state index contributed by atoms with van der Waals surface area (Å²) in [4.78, 5) is 14.7. The van der Waals surface area contributed by atoms with Gasteiger partial charge in [-0.3, -0.25) is 4.79 Å². The van der Waals surface area contributed by atoms with Crippen molar-refractivity contribution in [2.45, 2.75) is 39.2 Å². The molecule has 0 bridgehead atoms. The number of amides is 1. The summed E-state index contributed by atoms with van der Waals surface area (Å²) in [6.07, 6.45) is 5.65. The summed E-state index contributed by atoms with van der Waals surface area (Å²) in [6.45, 7) is 3.39. The van der Waals surface area contributed by atoms with Gasteiger partial charge in [-0.2, -0.15) is 0 Å². The van der Waals surface area contributed by atoms with E-state index in [1.807, 2.05) is 30.0 Å². The zero-order chi connectivity index (χ0) is 17.2. The molecule has 0 aliphatic heterocycles. The molecule has 0 fully saturated rings. The van der Waals surface area contributed by atoms with Gasteiger partial charge in [-0.05, 0) is 55.0 Å². The van der Waals surface area contributed by atoms with Crippen LogP contribution < -0.4 is 0 Å². The first-order valence-electron chi connectivity index (χ1n) is 9.08. The monoisotopic (exact) mass is 333 g/mol. The highest BCUT2D eigenvalue weighted by atomic mass is 16.3. The molecular weight excluding hydrogens is 310 g/mol. The molecule has 1 aliphatic carbocycles. The molecule has 0 spiro atoms. The highest BCUT2D eigenvalue weighted by molar-refractivity contribution is 5.88. The number of furan rings is 1. The minimum Gasteiger partial charge on any atom is -0.464 e. The molecule has 1 amide bonds. The minimum atomic E-state index is 0.148. The molecule has 4 rings (SSSR count). The van der Waals surface area contributed by atoms with Gasteiger partial charge in [0.25, 0.3) is 0 Å². The Labute approximate surface area is 148 Å². The van der Waals surface area contributed by atoms with Crippen molar-refractivity contribution in [2.24, 2.45) is 0 Å². The highest BCUT2D eigenvalue weighted by Crippen LogP contribution is 2.30. The molecule has 3 nitrogen and oxygen atoms in total. The molecule has 2 aromatic carbocycles. The molecular formula is C22H23NO2.